The highest BCUT2D eigenvalue weighted by molar-refractivity contribution is 6.02. The van der Waals surface area contributed by atoms with Crippen molar-refractivity contribution < 1.29 is 14.3 Å². The first-order valence-corrected chi connectivity index (χ1v) is 9.62. The Hall–Kier alpha value is -2.20. The van der Waals surface area contributed by atoms with Gasteiger partial charge in [0.1, 0.15) is 0 Å². The van der Waals surface area contributed by atoms with Crippen LogP contribution in [-0.4, -0.2) is 35.0 Å². The Morgan fingerprint density at radius 3 is 2.19 bits per heavy atom. The van der Waals surface area contributed by atoms with Crippen LogP contribution in [-0.2, 0) is 20.7 Å². The fraction of sp³-hybridized carbons (Fsp3) is 0.478. The molecule has 0 radical (unpaired) electrons. The van der Waals surface area contributed by atoms with E-state index >= 15 is 0 Å². The Morgan fingerprint density at radius 1 is 1.11 bits per heavy atom. The third kappa shape index (κ3) is 5.90. The molecule has 1 aliphatic rings. The van der Waals surface area contributed by atoms with Gasteiger partial charge in [0.15, 0.2) is 0 Å². The number of likely N-dealkylation sites (tertiary alicyclic amines) is 1. The molecule has 0 aliphatic carbocycles. The van der Waals surface area contributed by atoms with Crippen molar-refractivity contribution in [1.29, 1.82) is 0 Å². The van der Waals surface area contributed by atoms with E-state index in [4.69, 9.17) is 4.74 Å². The third-order valence-corrected chi connectivity index (χ3v) is 4.58. The van der Waals surface area contributed by atoms with Gasteiger partial charge in [-0.15, -0.1) is 0 Å². The smallest absolute Gasteiger partial charge is 0.230 e. The summed E-state index contributed by atoms with van der Waals surface area (Å²) in [5, 5.41) is 0. The van der Waals surface area contributed by atoms with Crippen LogP contribution in [0, 0.1) is 0 Å². The molecule has 27 heavy (non-hydrogen) atoms. The standard InChI is InChI=1S/C23H31NO3/c1-6-8-18(7-2)19-11-9-17(10-12-19)15-20(16-27-23(3,4)5)24-21(25)13-14-22(24)26/h6-12,20H,13-16H2,1-5H3/b8-6-,18-7+/t20-/m1/s1. The number of carbonyl (C=O) groups is 2. The average molecular weight is 370 g/mol. The normalized spacial score (nSPS) is 17.2. The molecule has 1 aliphatic heterocycles. The van der Waals surface area contributed by atoms with E-state index in [1.165, 1.54) is 10.5 Å². The summed E-state index contributed by atoms with van der Waals surface area (Å²) in [5.74, 6) is -0.188. The molecule has 0 saturated carbocycles. The van der Waals surface area contributed by atoms with E-state index in [2.05, 4.69) is 36.4 Å². The van der Waals surface area contributed by atoms with Gasteiger partial charge in [0.25, 0.3) is 0 Å². The lowest BCUT2D eigenvalue weighted by molar-refractivity contribution is -0.144. The Bertz CT molecular complexity index is 707. The van der Waals surface area contributed by atoms with E-state index in [-0.39, 0.29) is 23.5 Å². The summed E-state index contributed by atoms with van der Waals surface area (Å²) in [6, 6.07) is 8.03. The molecular formula is C23H31NO3. The molecule has 146 valence electrons. The molecule has 4 heteroatoms. The Morgan fingerprint density at radius 2 is 1.70 bits per heavy atom. The average Bonchev–Trinajstić information content (AvgIpc) is 2.95. The Kier molecular flexibility index (Phi) is 7.14. The lowest BCUT2D eigenvalue weighted by Gasteiger charge is -2.30. The van der Waals surface area contributed by atoms with Gasteiger partial charge in [0.05, 0.1) is 18.2 Å². The number of amides is 2. The highest BCUT2D eigenvalue weighted by Gasteiger charge is 2.35. The first-order valence-electron chi connectivity index (χ1n) is 9.62. The van der Waals surface area contributed by atoms with E-state index in [1.807, 2.05) is 40.7 Å². The van der Waals surface area contributed by atoms with E-state index < -0.39 is 0 Å². The Labute approximate surface area is 162 Å². The van der Waals surface area contributed by atoms with Crippen LogP contribution in [0.2, 0.25) is 0 Å². The fourth-order valence-corrected chi connectivity index (χ4v) is 3.22. The SMILES string of the molecule is C/C=C\C(=C/C)c1ccc(C[C@H](COC(C)(C)C)N2C(=O)CCC2=O)cc1. The van der Waals surface area contributed by atoms with Crippen LogP contribution in [0.3, 0.4) is 0 Å². The van der Waals surface area contributed by atoms with Gasteiger partial charge >= 0.3 is 0 Å². The minimum absolute atomic E-state index is 0.0941. The van der Waals surface area contributed by atoms with Crippen LogP contribution in [0.5, 0.6) is 0 Å². The van der Waals surface area contributed by atoms with Gasteiger partial charge in [0.2, 0.25) is 11.8 Å². The van der Waals surface area contributed by atoms with Crippen molar-refractivity contribution in [2.75, 3.05) is 6.61 Å². The molecule has 1 atom stereocenters. The zero-order valence-corrected chi connectivity index (χ0v) is 17.1. The monoisotopic (exact) mass is 369 g/mol. The summed E-state index contributed by atoms with van der Waals surface area (Å²) in [6.07, 6.45) is 7.39. The molecule has 2 amide bonds. The minimum atomic E-state index is -0.318. The second kappa shape index (κ2) is 9.14. The van der Waals surface area contributed by atoms with Gasteiger partial charge < -0.3 is 4.74 Å². The van der Waals surface area contributed by atoms with E-state index in [0.717, 1.165) is 11.1 Å². The van der Waals surface area contributed by atoms with E-state index in [9.17, 15) is 9.59 Å². The molecule has 1 heterocycles. The summed E-state index contributed by atoms with van der Waals surface area (Å²) >= 11 is 0. The highest BCUT2D eigenvalue weighted by Crippen LogP contribution is 2.22. The zero-order valence-electron chi connectivity index (χ0n) is 17.1. The van der Waals surface area contributed by atoms with Crippen molar-refractivity contribution in [3.05, 3.63) is 53.6 Å². The minimum Gasteiger partial charge on any atom is -0.374 e. The van der Waals surface area contributed by atoms with Gasteiger partial charge in [-0.05, 0) is 57.7 Å². The zero-order chi connectivity index (χ0) is 20.0. The van der Waals surface area contributed by atoms with E-state index in [1.54, 1.807) is 0 Å². The first-order chi connectivity index (χ1) is 12.7. The topological polar surface area (TPSA) is 46.6 Å². The van der Waals surface area contributed by atoms with Crippen molar-refractivity contribution in [2.24, 2.45) is 0 Å². The van der Waals surface area contributed by atoms with Crippen LogP contribution < -0.4 is 0 Å². The number of rotatable bonds is 7. The van der Waals surface area contributed by atoms with Gasteiger partial charge in [-0.2, -0.15) is 0 Å². The summed E-state index contributed by atoms with van der Waals surface area (Å²) in [6.45, 7) is 10.3. The molecule has 0 N–H and O–H groups in total. The molecule has 4 nitrogen and oxygen atoms in total. The van der Waals surface area contributed by atoms with Crippen molar-refractivity contribution in [3.8, 4) is 0 Å². The number of benzene rings is 1. The fourth-order valence-electron chi connectivity index (χ4n) is 3.22. The van der Waals surface area contributed by atoms with Crippen LogP contribution >= 0.6 is 0 Å². The number of allylic oxidation sites excluding steroid dienone is 4. The van der Waals surface area contributed by atoms with Crippen molar-refractivity contribution in [2.45, 2.75) is 65.5 Å². The van der Waals surface area contributed by atoms with Crippen molar-refractivity contribution in [3.63, 3.8) is 0 Å². The molecule has 1 aromatic carbocycles. The van der Waals surface area contributed by atoms with Crippen molar-refractivity contribution >= 4 is 17.4 Å². The van der Waals surface area contributed by atoms with Crippen LogP contribution in [0.15, 0.2) is 42.5 Å². The number of nitrogens with zero attached hydrogens (tertiary/aromatic N) is 1. The highest BCUT2D eigenvalue weighted by atomic mass is 16.5. The summed E-state index contributed by atoms with van der Waals surface area (Å²) < 4.78 is 5.92. The number of carbonyl (C=O) groups excluding carboxylic acids is 2. The van der Waals surface area contributed by atoms with Crippen LogP contribution in [0.25, 0.3) is 5.57 Å². The van der Waals surface area contributed by atoms with Gasteiger partial charge in [-0.1, -0.05) is 42.5 Å². The summed E-state index contributed by atoms with van der Waals surface area (Å²) in [5.41, 5.74) is 3.09. The lowest BCUT2D eigenvalue weighted by Crippen LogP contribution is -2.45. The van der Waals surface area contributed by atoms with Crippen molar-refractivity contribution in [1.82, 2.24) is 4.90 Å². The predicted molar refractivity (Wildman–Crippen MR) is 109 cm³/mol. The maximum Gasteiger partial charge on any atom is 0.230 e. The number of hydrogen-bond acceptors (Lipinski definition) is 3. The van der Waals surface area contributed by atoms with Crippen LogP contribution in [0.4, 0.5) is 0 Å². The summed E-state index contributed by atoms with van der Waals surface area (Å²) in [4.78, 5) is 25.9. The molecular weight excluding hydrogens is 338 g/mol. The van der Waals surface area contributed by atoms with Gasteiger partial charge in [0, 0.05) is 12.8 Å². The van der Waals surface area contributed by atoms with E-state index in [0.29, 0.717) is 25.9 Å². The maximum atomic E-state index is 12.2. The predicted octanol–water partition coefficient (Wildman–Crippen LogP) is 4.54. The number of hydrogen-bond donors (Lipinski definition) is 0. The number of imide groups is 1. The third-order valence-electron chi connectivity index (χ3n) is 4.58. The largest absolute Gasteiger partial charge is 0.374 e. The molecule has 0 unspecified atom stereocenters. The number of ether oxygens (including phenoxy) is 1. The Balaban J connectivity index is 2.19. The molecule has 2 rings (SSSR count). The molecule has 1 fully saturated rings. The molecule has 0 spiro atoms. The maximum absolute atomic E-state index is 12.2. The van der Waals surface area contributed by atoms with Gasteiger partial charge in [-0.3, -0.25) is 14.5 Å². The first kappa shape index (κ1) is 21.1. The lowest BCUT2D eigenvalue weighted by atomic mass is 9.99. The summed E-state index contributed by atoms with van der Waals surface area (Å²) in [7, 11) is 0. The second-order valence-corrected chi connectivity index (χ2v) is 7.88. The molecule has 1 aromatic rings. The quantitative estimate of drug-likeness (QED) is 0.523. The molecule has 0 bridgehead atoms. The molecule has 1 saturated heterocycles. The second-order valence-electron chi connectivity index (χ2n) is 7.88. The molecule has 0 aromatic heterocycles. The van der Waals surface area contributed by atoms with Gasteiger partial charge in [-0.25, -0.2) is 0 Å². The van der Waals surface area contributed by atoms with Crippen LogP contribution in [0.1, 0.15) is 58.6 Å².